The van der Waals surface area contributed by atoms with Crippen molar-refractivity contribution in [3.05, 3.63) is 27.2 Å². The first-order valence-electron chi connectivity index (χ1n) is 8.45. The fraction of sp³-hybridized carbons (Fsp3) is 0.556. The van der Waals surface area contributed by atoms with Crippen LogP contribution in [0.15, 0.2) is 12.1 Å². The number of carbonyl (C=O) groups excluding carboxylic acids is 2. The number of benzene rings is 1. The van der Waals surface area contributed by atoms with Crippen LogP contribution in [-0.4, -0.2) is 18.5 Å². The van der Waals surface area contributed by atoms with Gasteiger partial charge in [0.2, 0.25) is 0 Å². The molecule has 0 radical (unpaired) electrons. The van der Waals surface area contributed by atoms with Crippen molar-refractivity contribution in [2.24, 2.45) is 0 Å². The number of unbranched alkanes of at least 4 members (excludes halogenated alkanes) is 4. The maximum Gasteiger partial charge on any atom is 0.311 e. The zero-order valence-corrected chi connectivity index (χ0v) is 16.6. The molecule has 7 heteroatoms. The van der Waals surface area contributed by atoms with Crippen LogP contribution in [0.1, 0.15) is 58.3 Å². The summed E-state index contributed by atoms with van der Waals surface area (Å²) in [7, 11) is 0. The smallest absolute Gasteiger partial charge is 0.311 e. The van der Waals surface area contributed by atoms with Crippen LogP contribution in [0, 0.1) is 0 Å². The molecule has 0 saturated heterocycles. The van der Waals surface area contributed by atoms with Gasteiger partial charge in [-0.15, -0.1) is 0 Å². The Morgan fingerprint density at radius 2 is 1.52 bits per heavy atom. The molecule has 0 aliphatic heterocycles. The number of carbonyl (C=O) groups is 2. The van der Waals surface area contributed by atoms with Crippen LogP contribution in [-0.2, 0) is 14.3 Å². The Kier molecular flexibility index (Phi) is 10.9. The number of ether oxygens (including phenoxy) is 2. The summed E-state index contributed by atoms with van der Waals surface area (Å²) >= 11 is 17.8. The monoisotopic (exact) mass is 408 g/mol. The Balaban J connectivity index is 2.21. The Labute approximate surface area is 163 Å². The summed E-state index contributed by atoms with van der Waals surface area (Å²) in [6.45, 7) is 2.60. The Morgan fingerprint density at radius 3 is 2.20 bits per heavy atom. The molecule has 140 valence electrons. The van der Waals surface area contributed by atoms with Crippen molar-refractivity contribution >= 4 is 46.7 Å². The van der Waals surface area contributed by atoms with Crippen molar-refractivity contribution in [3.63, 3.8) is 0 Å². The van der Waals surface area contributed by atoms with Gasteiger partial charge in [0.15, 0.2) is 5.75 Å². The topological polar surface area (TPSA) is 52.6 Å². The first-order chi connectivity index (χ1) is 12.0. The Morgan fingerprint density at radius 1 is 0.880 bits per heavy atom. The van der Waals surface area contributed by atoms with Crippen molar-refractivity contribution in [2.45, 2.75) is 58.3 Å². The quantitative estimate of drug-likeness (QED) is 0.188. The van der Waals surface area contributed by atoms with Crippen LogP contribution >= 0.6 is 34.8 Å². The van der Waals surface area contributed by atoms with Gasteiger partial charge >= 0.3 is 11.9 Å². The van der Waals surface area contributed by atoms with Gasteiger partial charge in [0, 0.05) is 12.8 Å². The average molecular weight is 410 g/mol. The molecule has 0 unspecified atom stereocenters. The summed E-state index contributed by atoms with van der Waals surface area (Å²) in [5, 5.41) is 0.583. The van der Waals surface area contributed by atoms with Gasteiger partial charge in [-0.1, -0.05) is 61.0 Å². The van der Waals surface area contributed by atoms with E-state index in [-0.39, 0.29) is 33.2 Å². The van der Waals surface area contributed by atoms with Crippen LogP contribution in [0.5, 0.6) is 5.75 Å². The van der Waals surface area contributed by atoms with Gasteiger partial charge in [-0.25, -0.2) is 0 Å². The molecule has 1 aromatic carbocycles. The van der Waals surface area contributed by atoms with E-state index in [0.717, 1.165) is 25.7 Å². The van der Waals surface area contributed by atoms with Gasteiger partial charge in [0.1, 0.15) is 5.02 Å². The van der Waals surface area contributed by atoms with Crippen LogP contribution in [0.25, 0.3) is 0 Å². The van der Waals surface area contributed by atoms with E-state index in [2.05, 4.69) is 6.92 Å². The minimum Gasteiger partial charge on any atom is -0.466 e. The van der Waals surface area contributed by atoms with E-state index in [1.807, 2.05) is 0 Å². The summed E-state index contributed by atoms with van der Waals surface area (Å²) in [6.07, 6.45) is 5.79. The largest absolute Gasteiger partial charge is 0.466 e. The lowest BCUT2D eigenvalue weighted by Crippen LogP contribution is -2.09. The molecule has 0 spiro atoms. The first-order valence-corrected chi connectivity index (χ1v) is 9.59. The second kappa shape index (κ2) is 12.4. The first kappa shape index (κ1) is 22.1. The summed E-state index contributed by atoms with van der Waals surface area (Å²) in [5.41, 5.74) is 0. The second-order valence-corrected chi connectivity index (χ2v) is 6.83. The molecule has 0 aliphatic carbocycles. The molecular weight excluding hydrogens is 387 g/mol. The van der Waals surface area contributed by atoms with Crippen molar-refractivity contribution in [1.82, 2.24) is 0 Å². The number of rotatable bonds is 11. The summed E-state index contributed by atoms with van der Waals surface area (Å²) < 4.78 is 10.3. The third kappa shape index (κ3) is 8.80. The molecule has 25 heavy (non-hydrogen) atoms. The van der Waals surface area contributed by atoms with Crippen LogP contribution < -0.4 is 4.74 Å². The molecule has 0 amide bonds. The molecule has 1 rings (SSSR count). The molecule has 1 aromatic rings. The molecule has 0 N–H and O–H groups in total. The highest BCUT2D eigenvalue weighted by Crippen LogP contribution is 2.38. The van der Waals surface area contributed by atoms with Gasteiger partial charge in [-0.2, -0.15) is 0 Å². The van der Waals surface area contributed by atoms with Gasteiger partial charge in [0.05, 0.1) is 16.7 Å². The normalized spacial score (nSPS) is 10.6. The zero-order valence-electron chi connectivity index (χ0n) is 14.3. The molecule has 0 saturated carbocycles. The van der Waals surface area contributed by atoms with Crippen LogP contribution in [0.2, 0.25) is 15.1 Å². The Bertz CT molecular complexity index is 576. The van der Waals surface area contributed by atoms with E-state index in [1.54, 1.807) is 0 Å². The maximum atomic E-state index is 11.8. The van der Waals surface area contributed by atoms with E-state index in [1.165, 1.54) is 12.1 Å². The second-order valence-electron chi connectivity index (χ2n) is 5.63. The van der Waals surface area contributed by atoms with Crippen LogP contribution in [0.4, 0.5) is 0 Å². The number of esters is 2. The molecule has 0 heterocycles. The highest BCUT2D eigenvalue weighted by Gasteiger charge is 2.15. The molecule has 0 fully saturated rings. The fourth-order valence-corrected chi connectivity index (χ4v) is 2.69. The van der Waals surface area contributed by atoms with Crippen LogP contribution in [0.3, 0.4) is 0 Å². The highest BCUT2D eigenvalue weighted by atomic mass is 35.5. The SMILES string of the molecule is CCCCCCOC(=O)CCCCC(=O)Oc1c(Cl)ccc(Cl)c1Cl. The maximum absolute atomic E-state index is 11.8. The predicted octanol–water partition coefficient (Wildman–Crippen LogP) is 6.24. The van der Waals surface area contributed by atoms with E-state index in [9.17, 15) is 9.59 Å². The van der Waals surface area contributed by atoms with Crippen molar-refractivity contribution in [1.29, 1.82) is 0 Å². The van der Waals surface area contributed by atoms with Gasteiger partial charge in [0.25, 0.3) is 0 Å². The fourth-order valence-electron chi connectivity index (χ4n) is 2.09. The lowest BCUT2D eigenvalue weighted by Gasteiger charge is -2.09. The van der Waals surface area contributed by atoms with Crippen molar-refractivity contribution < 1.29 is 19.1 Å². The summed E-state index contributed by atoms with van der Waals surface area (Å²) in [5.74, 6) is -0.642. The molecule has 4 nitrogen and oxygen atoms in total. The summed E-state index contributed by atoms with van der Waals surface area (Å²) in [4.78, 5) is 23.4. The van der Waals surface area contributed by atoms with Gasteiger partial charge in [-0.05, 0) is 31.4 Å². The molecular formula is C18H23Cl3O4. The van der Waals surface area contributed by atoms with E-state index >= 15 is 0 Å². The van der Waals surface area contributed by atoms with E-state index < -0.39 is 5.97 Å². The predicted molar refractivity (Wildman–Crippen MR) is 101 cm³/mol. The third-order valence-corrected chi connectivity index (χ3v) is 4.58. The highest BCUT2D eigenvalue weighted by molar-refractivity contribution is 6.44. The minimum absolute atomic E-state index is 0.0623. The number of halogens is 3. The lowest BCUT2D eigenvalue weighted by molar-refractivity contribution is -0.144. The van der Waals surface area contributed by atoms with Gasteiger partial charge in [-0.3, -0.25) is 9.59 Å². The summed E-state index contributed by atoms with van der Waals surface area (Å²) in [6, 6.07) is 3.03. The lowest BCUT2D eigenvalue weighted by atomic mass is 10.2. The van der Waals surface area contributed by atoms with E-state index in [0.29, 0.717) is 25.9 Å². The standard InChI is InChI=1S/C18H23Cl3O4/c1-2-3-4-7-12-24-15(22)8-5-6-9-16(23)25-18-14(20)11-10-13(19)17(18)21/h10-11H,2-9,12H2,1H3. The molecule has 0 aromatic heterocycles. The Hall–Kier alpha value is -0.970. The van der Waals surface area contributed by atoms with E-state index in [4.69, 9.17) is 44.3 Å². The molecule has 0 aliphatic rings. The molecule has 0 atom stereocenters. The minimum atomic E-state index is -0.473. The van der Waals surface area contributed by atoms with Gasteiger partial charge < -0.3 is 9.47 Å². The number of hydrogen-bond donors (Lipinski definition) is 0. The average Bonchev–Trinajstić information content (AvgIpc) is 2.59. The van der Waals surface area contributed by atoms with Crippen molar-refractivity contribution in [2.75, 3.05) is 6.61 Å². The van der Waals surface area contributed by atoms with Crippen molar-refractivity contribution in [3.8, 4) is 5.75 Å². The third-order valence-electron chi connectivity index (χ3n) is 3.49. The molecule has 0 bridgehead atoms. The number of hydrogen-bond acceptors (Lipinski definition) is 4. The zero-order chi connectivity index (χ0) is 18.7.